The Bertz CT molecular complexity index is 523. The summed E-state index contributed by atoms with van der Waals surface area (Å²) < 4.78 is 0. The van der Waals surface area contributed by atoms with Gasteiger partial charge in [0.1, 0.15) is 6.54 Å². The van der Waals surface area contributed by atoms with Crippen LogP contribution in [0.3, 0.4) is 0 Å². The third-order valence-electron chi connectivity index (χ3n) is 4.02. The second-order valence-corrected chi connectivity index (χ2v) is 5.53. The fourth-order valence-electron chi connectivity index (χ4n) is 2.65. The Hall–Kier alpha value is -1.84. The molecule has 0 bridgehead atoms. The molecule has 1 aromatic carbocycles. The summed E-state index contributed by atoms with van der Waals surface area (Å²) in [6, 6.07) is 7.67. The van der Waals surface area contributed by atoms with E-state index in [1.807, 2.05) is 31.2 Å². The Morgan fingerprint density at radius 2 is 2.05 bits per heavy atom. The Balaban J connectivity index is 1.83. The molecule has 2 aliphatic rings. The Labute approximate surface area is 112 Å². The molecule has 0 aromatic heterocycles. The van der Waals surface area contributed by atoms with Crippen molar-refractivity contribution in [3.05, 3.63) is 29.8 Å². The quantitative estimate of drug-likeness (QED) is 0.882. The summed E-state index contributed by atoms with van der Waals surface area (Å²) in [4.78, 5) is 26.0. The zero-order chi connectivity index (χ0) is 13.4. The predicted molar refractivity (Wildman–Crippen MR) is 72.4 cm³/mol. The summed E-state index contributed by atoms with van der Waals surface area (Å²) >= 11 is 0. The van der Waals surface area contributed by atoms with E-state index in [1.54, 1.807) is 4.90 Å². The van der Waals surface area contributed by atoms with Crippen LogP contribution in [0.25, 0.3) is 0 Å². The van der Waals surface area contributed by atoms with Gasteiger partial charge in [0.05, 0.1) is 0 Å². The van der Waals surface area contributed by atoms with Gasteiger partial charge in [-0.3, -0.25) is 9.59 Å². The summed E-state index contributed by atoms with van der Waals surface area (Å²) in [7, 11) is 0. The highest BCUT2D eigenvalue weighted by Crippen LogP contribution is 2.37. The van der Waals surface area contributed by atoms with Crippen LogP contribution in [0.15, 0.2) is 24.3 Å². The van der Waals surface area contributed by atoms with E-state index in [0.717, 1.165) is 24.1 Å². The van der Waals surface area contributed by atoms with Gasteiger partial charge >= 0.3 is 0 Å². The van der Waals surface area contributed by atoms with E-state index in [4.69, 9.17) is 0 Å². The van der Waals surface area contributed by atoms with E-state index in [1.165, 1.54) is 0 Å². The van der Waals surface area contributed by atoms with Gasteiger partial charge in [-0.05, 0) is 30.4 Å². The lowest BCUT2D eigenvalue weighted by molar-refractivity contribution is -0.138. The molecule has 0 spiro atoms. The van der Waals surface area contributed by atoms with Crippen LogP contribution in [0.4, 0.5) is 5.69 Å². The SMILES string of the molecule is CC(C(=O)N1CC(=O)Nc2ccccc2C1)C1CC1. The zero-order valence-corrected chi connectivity index (χ0v) is 11.1. The van der Waals surface area contributed by atoms with Gasteiger partial charge in [-0.2, -0.15) is 0 Å². The lowest BCUT2D eigenvalue weighted by Gasteiger charge is -2.23. The number of rotatable bonds is 2. The van der Waals surface area contributed by atoms with Crippen LogP contribution >= 0.6 is 0 Å². The van der Waals surface area contributed by atoms with E-state index in [-0.39, 0.29) is 24.3 Å². The first-order valence-corrected chi connectivity index (χ1v) is 6.81. The molecule has 0 saturated heterocycles. The van der Waals surface area contributed by atoms with Crippen molar-refractivity contribution in [2.24, 2.45) is 11.8 Å². The lowest BCUT2D eigenvalue weighted by Crippen LogP contribution is -2.39. The number of para-hydroxylation sites is 1. The number of benzene rings is 1. The summed E-state index contributed by atoms with van der Waals surface area (Å²) in [5.74, 6) is 0.558. The average molecular weight is 258 g/mol. The van der Waals surface area contributed by atoms with Gasteiger partial charge < -0.3 is 10.2 Å². The number of hydrogen-bond acceptors (Lipinski definition) is 2. The molecule has 1 fully saturated rings. The largest absolute Gasteiger partial charge is 0.329 e. The monoisotopic (exact) mass is 258 g/mol. The Morgan fingerprint density at radius 3 is 2.79 bits per heavy atom. The van der Waals surface area contributed by atoms with Crippen molar-refractivity contribution < 1.29 is 9.59 Å². The fraction of sp³-hybridized carbons (Fsp3) is 0.467. The smallest absolute Gasteiger partial charge is 0.244 e. The zero-order valence-electron chi connectivity index (χ0n) is 11.1. The van der Waals surface area contributed by atoms with Crippen LogP contribution in [0.1, 0.15) is 25.3 Å². The number of nitrogens with zero attached hydrogens (tertiary/aromatic N) is 1. The minimum absolute atomic E-state index is 0.0399. The minimum atomic E-state index is -0.110. The van der Waals surface area contributed by atoms with Crippen molar-refractivity contribution in [3.8, 4) is 0 Å². The van der Waals surface area contributed by atoms with Crippen molar-refractivity contribution in [1.82, 2.24) is 4.90 Å². The standard InChI is InChI=1S/C15H18N2O2/c1-10(11-6-7-11)15(19)17-8-12-4-2-3-5-13(12)16-14(18)9-17/h2-5,10-11H,6-9H2,1H3,(H,16,18). The van der Waals surface area contributed by atoms with E-state index >= 15 is 0 Å². The van der Waals surface area contributed by atoms with Gasteiger partial charge in [0, 0.05) is 18.2 Å². The number of amides is 2. The molecular weight excluding hydrogens is 240 g/mol. The maximum Gasteiger partial charge on any atom is 0.244 e. The van der Waals surface area contributed by atoms with E-state index in [2.05, 4.69) is 5.32 Å². The molecule has 1 aliphatic carbocycles. The second kappa shape index (κ2) is 4.68. The molecule has 1 heterocycles. The van der Waals surface area contributed by atoms with Crippen molar-refractivity contribution >= 4 is 17.5 Å². The first-order valence-electron chi connectivity index (χ1n) is 6.81. The van der Waals surface area contributed by atoms with Crippen molar-refractivity contribution in [3.63, 3.8) is 0 Å². The number of carbonyl (C=O) groups is 2. The van der Waals surface area contributed by atoms with Gasteiger partial charge in [0.2, 0.25) is 11.8 Å². The van der Waals surface area contributed by atoms with Crippen molar-refractivity contribution in [2.45, 2.75) is 26.3 Å². The maximum atomic E-state index is 12.4. The van der Waals surface area contributed by atoms with Crippen LogP contribution in [-0.2, 0) is 16.1 Å². The Morgan fingerprint density at radius 1 is 1.32 bits per heavy atom. The molecule has 1 aromatic rings. The van der Waals surface area contributed by atoms with Crippen molar-refractivity contribution in [1.29, 1.82) is 0 Å². The van der Waals surface area contributed by atoms with Gasteiger partial charge in [-0.1, -0.05) is 25.1 Å². The number of nitrogens with one attached hydrogen (secondary N) is 1. The predicted octanol–water partition coefficient (Wildman–Crippen LogP) is 2.01. The first kappa shape index (κ1) is 12.2. The lowest BCUT2D eigenvalue weighted by atomic mass is 10.0. The number of carbonyl (C=O) groups excluding carboxylic acids is 2. The van der Waals surface area contributed by atoms with Crippen LogP contribution in [0, 0.1) is 11.8 Å². The highest BCUT2D eigenvalue weighted by atomic mass is 16.2. The maximum absolute atomic E-state index is 12.4. The van der Waals surface area contributed by atoms with Crippen LogP contribution in [-0.4, -0.2) is 23.3 Å². The molecule has 1 unspecified atom stereocenters. The van der Waals surface area contributed by atoms with Crippen LogP contribution in [0.2, 0.25) is 0 Å². The molecule has 0 radical (unpaired) electrons. The molecule has 1 atom stereocenters. The van der Waals surface area contributed by atoms with Gasteiger partial charge in [0.25, 0.3) is 0 Å². The van der Waals surface area contributed by atoms with E-state index in [9.17, 15) is 9.59 Å². The highest BCUT2D eigenvalue weighted by molar-refractivity contribution is 5.96. The first-order chi connectivity index (χ1) is 9.15. The average Bonchev–Trinajstić information content (AvgIpc) is 3.22. The summed E-state index contributed by atoms with van der Waals surface area (Å²) in [5.41, 5.74) is 1.83. The van der Waals surface area contributed by atoms with E-state index < -0.39 is 0 Å². The third-order valence-corrected chi connectivity index (χ3v) is 4.02. The molecule has 1 N–H and O–H groups in total. The van der Waals surface area contributed by atoms with Crippen LogP contribution in [0.5, 0.6) is 0 Å². The normalized spacial score (nSPS) is 20.3. The molecule has 19 heavy (non-hydrogen) atoms. The summed E-state index contributed by atoms with van der Waals surface area (Å²) in [5, 5.41) is 2.86. The van der Waals surface area contributed by atoms with E-state index in [0.29, 0.717) is 12.5 Å². The van der Waals surface area contributed by atoms with Crippen LogP contribution < -0.4 is 5.32 Å². The molecule has 2 amide bonds. The topological polar surface area (TPSA) is 49.4 Å². The third kappa shape index (κ3) is 2.48. The number of anilines is 1. The van der Waals surface area contributed by atoms with Gasteiger partial charge in [-0.25, -0.2) is 0 Å². The molecule has 4 nitrogen and oxygen atoms in total. The number of hydrogen-bond donors (Lipinski definition) is 1. The molecular formula is C15H18N2O2. The summed E-state index contributed by atoms with van der Waals surface area (Å²) in [6.45, 7) is 2.66. The Kier molecular flexibility index (Phi) is 3.01. The van der Waals surface area contributed by atoms with Gasteiger partial charge in [0.15, 0.2) is 0 Å². The molecule has 100 valence electrons. The fourth-order valence-corrected chi connectivity index (χ4v) is 2.65. The van der Waals surface area contributed by atoms with Gasteiger partial charge in [-0.15, -0.1) is 0 Å². The number of fused-ring (bicyclic) bond motifs is 1. The molecule has 3 rings (SSSR count). The molecule has 1 saturated carbocycles. The highest BCUT2D eigenvalue weighted by Gasteiger charge is 2.36. The second-order valence-electron chi connectivity index (χ2n) is 5.53. The summed E-state index contributed by atoms with van der Waals surface area (Å²) in [6.07, 6.45) is 2.28. The minimum Gasteiger partial charge on any atom is -0.329 e. The molecule has 4 heteroatoms. The molecule has 1 aliphatic heterocycles. The van der Waals surface area contributed by atoms with Crippen molar-refractivity contribution in [2.75, 3.05) is 11.9 Å².